The first-order valence-electron chi connectivity index (χ1n) is 8.06. The zero-order chi connectivity index (χ0) is 17.9. The van der Waals surface area contributed by atoms with Crippen molar-refractivity contribution >= 4 is 32.8 Å². The van der Waals surface area contributed by atoms with Crippen molar-refractivity contribution in [2.75, 3.05) is 18.6 Å². The highest BCUT2D eigenvalue weighted by Gasteiger charge is 2.12. The van der Waals surface area contributed by atoms with Crippen molar-refractivity contribution in [3.63, 3.8) is 0 Å². The van der Waals surface area contributed by atoms with Gasteiger partial charge in [-0.25, -0.2) is 18.1 Å². The Bertz CT molecular complexity index is 964. The number of rotatable bonds is 7. The minimum Gasteiger partial charge on any atom is -0.287 e. The highest BCUT2D eigenvalue weighted by atomic mass is 32.2. The molecule has 3 rings (SSSR count). The maximum Gasteiger partial charge on any atom is 0.208 e. The SMILES string of the molecule is Cc1ccc(-n2c(SCCCNS(C)(=O)=O)nc3ccccc32)cc1. The molecule has 0 unspecified atom stereocenters. The number of thioether (sulfide) groups is 1. The lowest BCUT2D eigenvalue weighted by Gasteiger charge is -2.09. The van der Waals surface area contributed by atoms with Crippen LogP contribution in [0.25, 0.3) is 16.7 Å². The quantitative estimate of drug-likeness (QED) is 0.508. The van der Waals surface area contributed by atoms with Gasteiger partial charge in [0, 0.05) is 18.0 Å². The van der Waals surface area contributed by atoms with Crippen LogP contribution in [0.4, 0.5) is 0 Å². The standard InChI is InChI=1S/C18H21N3O2S2/c1-14-8-10-15(11-9-14)21-17-7-4-3-6-16(17)20-18(21)24-13-5-12-19-25(2,22)23/h3-4,6-11,19H,5,12-13H2,1-2H3. The molecule has 0 spiro atoms. The molecule has 0 radical (unpaired) electrons. The summed E-state index contributed by atoms with van der Waals surface area (Å²) >= 11 is 1.64. The van der Waals surface area contributed by atoms with Crippen molar-refractivity contribution in [3.05, 3.63) is 54.1 Å². The highest BCUT2D eigenvalue weighted by molar-refractivity contribution is 7.99. The Labute approximate surface area is 152 Å². The number of para-hydroxylation sites is 2. The van der Waals surface area contributed by atoms with Gasteiger partial charge in [-0.1, -0.05) is 41.6 Å². The summed E-state index contributed by atoms with van der Waals surface area (Å²) in [7, 11) is -3.13. The molecule has 0 saturated heterocycles. The molecule has 25 heavy (non-hydrogen) atoms. The Kier molecular flexibility index (Phi) is 5.46. The Balaban J connectivity index is 1.82. The van der Waals surface area contributed by atoms with Gasteiger partial charge >= 0.3 is 0 Å². The molecule has 1 N–H and O–H groups in total. The first-order valence-corrected chi connectivity index (χ1v) is 10.9. The van der Waals surface area contributed by atoms with Gasteiger partial charge in [0.25, 0.3) is 0 Å². The summed E-state index contributed by atoms with van der Waals surface area (Å²) in [4.78, 5) is 4.75. The molecular formula is C18H21N3O2S2. The monoisotopic (exact) mass is 375 g/mol. The second kappa shape index (κ2) is 7.59. The van der Waals surface area contributed by atoms with E-state index < -0.39 is 10.0 Å². The van der Waals surface area contributed by atoms with Crippen molar-refractivity contribution in [2.45, 2.75) is 18.5 Å². The zero-order valence-corrected chi connectivity index (χ0v) is 15.9. The first-order chi connectivity index (χ1) is 11.9. The average molecular weight is 376 g/mol. The van der Waals surface area contributed by atoms with E-state index >= 15 is 0 Å². The van der Waals surface area contributed by atoms with Gasteiger partial charge in [0.05, 0.1) is 17.3 Å². The smallest absolute Gasteiger partial charge is 0.208 e. The zero-order valence-electron chi connectivity index (χ0n) is 14.3. The number of fused-ring (bicyclic) bond motifs is 1. The summed E-state index contributed by atoms with van der Waals surface area (Å²) in [5.74, 6) is 0.789. The maximum atomic E-state index is 11.1. The molecular weight excluding hydrogens is 354 g/mol. The van der Waals surface area contributed by atoms with Gasteiger partial charge in [-0.15, -0.1) is 0 Å². The largest absolute Gasteiger partial charge is 0.287 e. The lowest BCUT2D eigenvalue weighted by Crippen LogP contribution is -2.23. The van der Waals surface area contributed by atoms with Gasteiger partial charge in [-0.3, -0.25) is 4.57 Å². The van der Waals surface area contributed by atoms with Crippen molar-refractivity contribution in [1.29, 1.82) is 0 Å². The van der Waals surface area contributed by atoms with Gasteiger partial charge in [-0.05, 0) is 37.6 Å². The van der Waals surface area contributed by atoms with Crippen molar-refractivity contribution in [3.8, 4) is 5.69 Å². The molecule has 0 bridgehead atoms. The summed E-state index contributed by atoms with van der Waals surface area (Å²) in [6, 6.07) is 16.5. The molecule has 7 heteroatoms. The fourth-order valence-electron chi connectivity index (χ4n) is 2.54. The summed E-state index contributed by atoms with van der Waals surface area (Å²) in [6.07, 6.45) is 1.92. The minimum absolute atomic E-state index is 0.441. The van der Waals surface area contributed by atoms with E-state index in [2.05, 4.69) is 46.5 Å². The molecule has 0 fully saturated rings. The number of benzene rings is 2. The first kappa shape index (κ1) is 18.0. The number of hydrogen-bond donors (Lipinski definition) is 1. The third kappa shape index (κ3) is 4.62. The number of aryl methyl sites for hydroxylation is 1. The molecule has 0 aliphatic carbocycles. The maximum absolute atomic E-state index is 11.1. The van der Waals surface area contributed by atoms with Crippen LogP contribution in [0.5, 0.6) is 0 Å². The van der Waals surface area contributed by atoms with Crippen LogP contribution in [-0.2, 0) is 10.0 Å². The highest BCUT2D eigenvalue weighted by Crippen LogP contribution is 2.28. The van der Waals surface area contributed by atoms with Gasteiger partial charge in [0.2, 0.25) is 10.0 Å². The summed E-state index contributed by atoms with van der Waals surface area (Å²) in [5.41, 5.74) is 4.33. The van der Waals surface area contributed by atoms with Gasteiger partial charge in [0.15, 0.2) is 5.16 Å². The molecule has 0 aliphatic rings. The molecule has 1 heterocycles. The molecule has 0 atom stereocenters. The number of nitrogens with zero attached hydrogens (tertiary/aromatic N) is 2. The third-order valence-electron chi connectivity index (χ3n) is 3.74. The van der Waals surface area contributed by atoms with Gasteiger partial charge in [0.1, 0.15) is 0 Å². The van der Waals surface area contributed by atoms with Crippen LogP contribution in [0.2, 0.25) is 0 Å². The third-order valence-corrected chi connectivity index (χ3v) is 5.49. The average Bonchev–Trinajstić information content (AvgIpc) is 2.92. The van der Waals surface area contributed by atoms with Crippen LogP contribution in [0.3, 0.4) is 0 Å². The van der Waals surface area contributed by atoms with E-state index in [0.717, 1.165) is 34.1 Å². The molecule has 2 aromatic carbocycles. The van der Waals surface area contributed by atoms with E-state index in [-0.39, 0.29) is 0 Å². The van der Waals surface area contributed by atoms with Crippen molar-refractivity contribution in [2.24, 2.45) is 0 Å². The fourth-order valence-corrected chi connectivity index (χ4v) is 4.02. The normalized spacial score (nSPS) is 11.9. The molecule has 3 aromatic rings. The number of aromatic nitrogens is 2. The lowest BCUT2D eigenvalue weighted by molar-refractivity contribution is 0.587. The molecule has 0 amide bonds. The Morgan fingerprint density at radius 3 is 2.56 bits per heavy atom. The van der Waals surface area contributed by atoms with Crippen LogP contribution in [0.1, 0.15) is 12.0 Å². The predicted octanol–water partition coefficient (Wildman–Crippen LogP) is 3.37. The van der Waals surface area contributed by atoms with E-state index in [1.807, 2.05) is 18.2 Å². The van der Waals surface area contributed by atoms with E-state index in [9.17, 15) is 8.42 Å². The summed E-state index contributed by atoms with van der Waals surface area (Å²) in [6.45, 7) is 2.51. The second-order valence-corrected chi connectivity index (χ2v) is 8.82. The number of sulfonamides is 1. The van der Waals surface area contributed by atoms with Crippen LogP contribution in [0, 0.1) is 6.92 Å². The van der Waals surface area contributed by atoms with E-state index in [1.165, 1.54) is 11.8 Å². The molecule has 1 aromatic heterocycles. The van der Waals surface area contributed by atoms with Gasteiger partial charge in [-0.2, -0.15) is 0 Å². The second-order valence-electron chi connectivity index (χ2n) is 5.92. The summed E-state index contributed by atoms with van der Waals surface area (Å²) in [5, 5.41) is 0.921. The molecule has 5 nitrogen and oxygen atoms in total. The van der Waals surface area contributed by atoms with Crippen molar-refractivity contribution in [1.82, 2.24) is 14.3 Å². The fraction of sp³-hybridized carbons (Fsp3) is 0.278. The van der Waals surface area contributed by atoms with E-state index in [0.29, 0.717) is 6.54 Å². The molecule has 0 aliphatic heterocycles. The van der Waals surface area contributed by atoms with E-state index in [4.69, 9.17) is 4.98 Å². The van der Waals surface area contributed by atoms with Crippen LogP contribution in [-0.4, -0.2) is 36.5 Å². The van der Waals surface area contributed by atoms with Crippen LogP contribution in [0.15, 0.2) is 53.7 Å². The predicted molar refractivity (Wildman–Crippen MR) is 104 cm³/mol. The topological polar surface area (TPSA) is 64.0 Å². The molecule has 132 valence electrons. The van der Waals surface area contributed by atoms with Crippen LogP contribution < -0.4 is 4.72 Å². The Morgan fingerprint density at radius 2 is 1.84 bits per heavy atom. The van der Waals surface area contributed by atoms with Crippen molar-refractivity contribution < 1.29 is 8.42 Å². The van der Waals surface area contributed by atoms with Crippen LogP contribution >= 0.6 is 11.8 Å². The lowest BCUT2D eigenvalue weighted by atomic mass is 10.2. The van der Waals surface area contributed by atoms with Gasteiger partial charge < -0.3 is 0 Å². The number of nitrogens with one attached hydrogen (secondary N) is 1. The Morgan fingerprint density at radius 1 is 1.12 bits per heavy atom. The number of hydrogen-bond acceptors (Lipinski definition) is 4. The van der Waals surface area contributed by atoms with E-state index in [1.54, 1.807) is 11.8 Å². The molecule has 0 saturated carbocycles. The Hall–Kier alpha value is -1.83. The number of imidazole rings is 1. The minimum atomic E-state index is -3.13. The summed E-state index contributed by atoms with van der Waals surface area (Å²) < 4.78 is 26.9.